The number of nitrogens with zero attached hydrogens (tertiary/aromatic N) is 2. The van der Waals surface area contributed by atoms with Gasteiger partial charge in [-0.1, -0.05) is 18.2 Å². The van der Waals surface area contributed by atoms with E-state index >= 15 is 0 Å². The fourth-order valence-electron chi connectivity index (χ4n) is 2.89. The molecule has 1 aliphatic heterocycles. The Morgan fingerprint density at radius 2 is 2.10 bits per heavy atom. The maximum Gasteiger partial charge on any atom is 0.130 e. The van der Waals surface area contributed by atoms with E-state index in [4.69, 9.17) is 15.6 Å². The van der Waals surface area contributed by atoms with Crippen LogP contribution in [0, 0.1) is 6.92 Å². The number of para-hydroxylation sites is 1. The van der Waals surface area contributed by atoms with Crippen molar-refractivity contribution >= 4 is 5.82 Å². The minimum Gasteiger partial charge on any atom is -0.383 e. The lowest BCUT2D eigenvalue weighted by Gasteiger charge is -2.22. The number of hydrogen-bond donors (Lipinski definition) is 1. The van der Waals surface area contributed by atoms with Crippen LogP contribution in [0.4, 0.5) is 5.82 Å². The number of benzene rings is 1. The molecule has 1 aromatic heterocycles. The molecule has 2 N–H and O–H groups in total. The lowest BCUT2D eigenvalue weighted by molar-refractivity contribution is 0.0113. The molecule has 4 nitrogen and oxygen atoms in total. The molecule has 1 aliphatic rings. The highest BCUT2D eigenvalue weighted by molar-refractivity contribution is 5.49. The molecule has 0 aliphatic carbocycles. The van der Waals surface area contributed by atoms with Gasteiger partial charge in [-0.3, -0.25) is 0 Å². The Balaban J connectivity index is 1.74. The molecule has 1 unspecified atom stereocenters. The van der Waals surface area contributed by atoms with Crippen LogP contribution in [-0.4, -0.2) is 22.5 Å². The number of aryl methyl sites for hydroxylation is 1. The van der Waals surface area contributed by atoms with E-state index in [1.165, 1.54) is 19.3 Å². The van der Waals surface area contributed by atoms with Crippen molar-refractivity contribution in [3.05, 3.63) is 41.6 Å². The second-order valence-corrected chi connectivity index (χ2v) is 5.73. The lowest BCUT2D eigenvalue weighted by atomic mass is 10.0. The average molecular weight is 285 g/mol. The summed E-state index contributed by atoms with van der Waals surface area (Å²) in [5, 5.41) is 4.70. The molecule has 0 radical (unpaired) electrons. The first kappa shape index (κ1) is 14.1. The highest BCUT2D eigenvalue weighted by Gasteiger charge is 2.17. The fourth-order valence-corrected chi connectivity index (χ4v) is 2.89. The first-order valence-electron chi connectivity index (χ1n) is 7.76. The van der Waals surface area contributed by atoms with Crippen molar-refractivity contribution in [1.82, 2.24) is 9.78 Å². The summed E-state index contributed by atoms with van der Waals surface area (Å²) in [4.78, 5) is 0. The van der Waals surface area contributed by atoms with Crippen molar-refractivity contribution in [2.24, 2.45) is 0 Å². The quantitative estimate of drug-likeness (QED) is 0.938. The van der Waals surface area contributed by atoms with Gasteiger partial charge in [0, 0.05) is 12.2 Å². The van der Waals surface area contributed by atoms with E-state index in [0.717, 1.165) is 42.2 Å². The Hall–Kier alpha value is -1.81. The molecule has 1 fully saturated rings. The van der Waals surface area contributed by atoms with Gasteiger partial charge in [0.1, 0.15) is 5.82 Å². The van der Waals surface area contributed by atoms with Gasteiger partial charge >= 0.3 is 0 Å². The zero-order valence-corrected chi connectivity index (χ0v) is 12.6. The number of rotatable bonds is 4. The van der Waals surface area contributed by atoms with Crippen molar-refractivity contribution in [2.75, 3.05) is 12.3 Å². The minimum absolute atomic E-state index is 0.390. The number of aromatic nitrogens is 2. The molecule has 2 heterocycles. The van der Waals surface area contributed by atoms with Crippen LogP contribution in [0.25, 0.3) is 5.69 Å². The van der Waals surface area contributed by atoms with E-state index in [1.54, 1.807) is 0 Å². The third kappa shape index (κ3) is 3.10. The van der Waals surface area contributed by atoms with Gasteiger partial charge in [0.15, 0.2) is 0 Å². The Bertz CT molecular complexity index is 586. The molecule has 3 rings (SSSR count). The maximum absolute atomic E-state index is 6.21. The molecule has 1 aromatic carbocycles. The van der Waals surface area contributed by atoms with E-state index < -0.39 is 0 Å². The summed E-state index contributed by atoms with van der Waals surface area (Å²) >= 11 is 0. The Morgan fingerprint density at radius 1 is 1.29 bits per heavy atom. The van der Waals surface area contributed by atoms with Gasteiger partial charge in [0.05, 0.1) is 17.5 Å². The van der Waals surface area contributed by atoms with Crippen LogP contribution < -0.4 is 5.73 Å². The summed E-state index contributed by atoms with van der Waals surface area (Å²) in [6.45, 7) is 2.96. The summed E-state index contributed by atoms with van der Waals surface area (Å²) in [6.07, 6.45) is 6.01. The summed E-state index contributed by atoms with van der Waals surface area (Å²) in [5.74, 6) is 0.737. The van der Waals surface area contributed by atoms with E-state index in [-0.39, 0.29) is 0 Å². The Morgan fingerprint density at radius 3 is 2.81 bits per heavy atom. The van der Waals surface area contributed by atoms with Crippen molar-refractivity contribution in [1.29, 1.82) is 0 Å². The zero-order chi connectivity index (χ0) is 14.7. The van der Waals surface area contributed by atoms with Crippen molar-refractivity contribution in [2.45, 2.75) is 45.1 Å². The molecule has 112 valence electrons. The van der Waals surface area contributed by atoms with Crippen molar-refractivity contribution in [3.63, 3.8) is 0 Å². The second kappa shape index (κ2) is 6.31. The third-order valence-corrected chi connectivity index (χ3v) is 4.24. The first-order valence-corrected chi connectivity index (χ1v) is 7.76. The van der Waals surface area contributed by atoms with Gasteiger partial charge in [-0.05, 0) is 51.2 Å². The van der Waals surface area contributed by atoms with E-state index in [0.29, 0.717) is 6.10 Å². The molecule has 0 saturated carbocycles. The molecule has 1 atom stereocenters. The van der Waals surface area contributed by atoms with E-state index in [2.05, 4.69) is 6.92 Å². The molecule has 2 aromatic rings. The first-order chi connectivity index (χ1) is 10.3. The molecule has 0 bridgehead atoms. The van der Waals surface area contributed by atoms with Crippen LogP contribution >= 0.6 is 0 Å². The molecule has 1 saturated heterocycles. The molecule has 0 spiro atoms. The number of nitrogen functional groups attached to an aromatic ring is 1. The Labute approximate surface area is 125 Å². The predicted molar refractivity (Wildman–Crippen MR) is 84.6 cm³/mol. The minimum atomic E-state index is 0.390. The number of ether oxygens (including phenoxy) is 1. The SMILES string of the molecule is Cc1c(CCC2CCCCO2)nn(-c2ccccc2)c1N. The normalized spacial score (nSPS) is 18.8. The second-order valence-electron chi connectivity index (χ2n) is 5.73. The van der Waals surface area contributed by atoms with Crippen LogP contribution in [-0.2, 0) is 11.2 Å². The van der Waals surface area contributed by atoms with Gasteiger partial charge in [-0.25, -0.2) is 4.68 Å². The topological polar surface area (TPSA) is 53.1 Å². The van der Waals surface area contributed by atoms with Crippen molar-refractivity contribution < 1.29 is 4.74 Å². The van der Waals surface area contributed by atoms with Crippen LogP contribution in [0.2, 0.25) is 0 Å². The Kier molecular flexibility index (Phi) is 4.25. The smallest absolute Gasteiger partial charge is 0.130 e. The van der Waals surface area contributed by atoms with Gasteiger partial charge in [-0.2, -0.15) is 5.10 Å². The molecular formula is C17H23N3O. The van der Waals surface area contributed by atoms with Gasteiger partial charge in [0.25, 0.3) is 0 Å². The fraction of sp³-hybridized carbons (Fsp3) is 0.471. The lowest BCUT2D eigenvalue weighted by Crippen LogP contribution is -2.19. The molecule has 0 amide bonds. The predicted octanol–water partition coefficient (Wildman–Crippen LogP) is 3.26. The van der Waals surface area contributed by atoms with Crippen LogP contribution in [0.15, 0.2) is 30.3 Å². The summed E-state index contributed by atoms with van der Waals surface area (Å²) in [6, 6.07) is 10.0. The maximum atomic E-state index is 6.21. The van der Waals surface area contributed by atoms with E-state index in [9.17, 15) is 0 Å². The zero-order valence-electron chi connectivity index (χ0n) is 12.6. The average Bonchev–Trinajstić information content (AvgIpc) is 2.83. The summed E-state index contributed by atoms with van der Waals surface area (Å²) in [5.41, 5.74) is 9.41. The van der Waals surface area contributed by atoms with E-state index in [1.807, 2.05) is 35.0 Å². The summed E-state index contributed by atoms with van der Waals surface area (Å²) in [7, 11) is 0. The monoisotopic (exact) mass is 285 g/mol. The largest absolute Gasteiger partial charge is 0.383 e. The highest BCUT2D eigenvalue weighted by Crippen LogP contribution is 2.23. The standard InChI is InChI=1S/C17H23N3O/c1-13-16(11-10-15-9-5-6-12-21-15)19-20(17(13)18)14-7-3-2-4-8-14/h2-4,7-8,15H,5-6,9-12,18H2,1H3. The van der Waals surface area contributed by atoms with Gasteiger partial charge in [-0.15, -0.1) is 0 Å². The number of anilines is 1. The van der Waals surface area contributed by atoms with Gasteiger partial charge < -0.3 is 10.5 Å². The number of nitrogens with two attached hydrogens (primary N) is 1. The van der Waals surface area contributed by atoms with Gasteiger partial charge in [0.2, 0.25) is 0 Å². The van der Waals surface area contributed by atoms with Crippen molar-refractivity contribution in [3.8, 4) is 5.69 Å². The summed E-state index contributed by atoms with van der Waals surface area (Å²) < 4.78 is 7.64. The highest BCUT2D eigenvalue weighted by atomic mass is 16.5. The number of hydrogen-bond acceptors (Lipinski definition) is 3. The third-order valence-electron chi connectivity index (χ3n) is 4.24. The molecule has 21 heavy (non-hydrogen) atoms. The van der Waals surface area contributed by atoms with Crippen LogP contribution in [0.1, 0.15) is 36.9 Å². The van der Waals surface area contributed by atoms with Crippen LogP contribution in [0.3, 0.4) is 0 Å². The van der Waals surface area contributed by atoms with Crippen LogP contribution in [0.5, 0.6) is 0 Å². The molecular weight excluding hydrogens is 262 g/mol. The molecule has 4 heteroatoms.